The van der Waals surface area contributed by atoms with Gasteiger partial charge in [0, 0.05) is 27.1 Å². The van der Waals surface area contributed by atoms with E-state index in [0.29, 0.717) is 19.8 Å². The molecule has 0 heterocycles. The Hall–Kier alpha value is -0.360. The molecule has 0 aromatic carbocycles. The van der Waals surface area contributed by atoms with E-state index in [-0.39, 0.29) is 26.4 Å². The van der Waals surface area contributed by atoms with Gasteiger partial charge in [-0.1, -0.05) is 57.1 Å². The van der Waals surface area contributed by atoms with Crippen molar-refractivity contribution in [3.8, 4) is 0 Å². The van der Waals surface area contributed by atoms with Crippen molar-refractivity contribution >= 4 is 0 Å². The molecule has 0 bridgehead atoms. The number of rotatable bonds is 23. The van der Waals surface area contributed by atoms with Gasteiger partial charge in [-0.3, -0.25) is 0 Å². The third kappa shape index (κ3) is 16.0. The number of hydrogen-bond donors (Lipinski definition) is 2. The number of aliphatic hydroxyl groups excluding tert-OH is 2. The van der Waals surface area contributed by atoms with Crippen LogP contribution in [-0.4, -0.2) is 73.6 Å². The maximum absolute atomic E-state index is 9.12. The van der Waals surface area contributed by atoms with Crippen molar-refractivity contribution < 1.29 is 38.8 Å². The van der Waals surface area contributed by atoms with E-state index in [4.69, 9.17) is 38.8 Å². The van der Waals surface area contributed by atoms with Gasteiger partial charge in [-0.25, -0.2) is 9.68 Å². The quantitative estimate of drug-likeness (QED) is 0.136. The minimum absolute atomic E-state index is 0.0475. The van der Waals surface area contributed by atoms with Gasteiger partial charge in [0.1, 0.15) is 0 Å². The van der Waals surface area contributed by atoms with Crippen LogP contribution in [0.25, 0.3) is 0 Å². The molecule has 0 saturated heterocycles. The maximum atomic E-state index is 9.12. The van der Waals surface area contributed by atoms with E-state index in [9.17, 15) is 0 Å². The summed E-state index contributed by atoms with van der Waals surface area (Å²) in [6.45, 7) is 9.98. The number of nitrogens with zero attached hydrogens (tertiary/aromatic N) is 1. The zero-order chi connectivity index (χ0) is 23.4. The average Bonchev–Trinajstić information content (AvgIpc) is 2.73. The molecule has 0 fully saturated rings. The molecule has 0 radical (unpaired) electrons. The number of hydroxylamine groups is 2. The van der Waals surface area contributed by atoms with Gasteiger partial charge in [0.25, 0.3) is 11.9 Å². The molecule has 0 spiro atoms. The highest BCUT2D eigenvalue weighted by Gasteiger charge is 2.36. The summed E-state index contributed by atoms with van der Waals surface area (Å²) >= 11 is 0. The summed E-state index contributed by atoms with van der Waals surface area (Å²) in [4.78, 5) is 11.8. The highest BCUT2D eigenvalue weighted by Crippen LogP contribution is 2.23. The Morgan fingerprint density at radius 1 is 0.613 bits per heavy atom. The minimum atomic E-state index is -1.44. The summed E-state index contributed by atoms with van der Waals surface area (Å²) < 4.78 is 22.3. The van der Waals surface area contributed by atoms with Crippen LogP contribution in [0.5, 0.6) is 0 Å². The van der Waals surface area contributed by atoms with E-state index in [1.54, 1.807) is 13.8 Å². The minimum Gasteiger partial charge on any atom is -0.394 e. The Labute approximate surface area is 188 Å². The topological polar surface area (TPSA) is 99.1 Å². The van der Waals surface area contributed by atoms with Crippen LogP contribution in [0.4, 0.5) is 0 Å². The van der Waals surface area contributed by atoms with E-state index in [0.717, 1.165) is 19.3 Å². The third-order valence-electron chi connectivity index (χ3n) is 4.45. The molecular weight excluding hydrogens is 406 g/mol. The summed E-state index contributed by atoms with van der Waals surface area (Å²) in [5.41, 5.74) is 0. The zero-order valence-electron chi connectivity index (χ0n) is 20.4. The fraction of sp³-hybridized carbons (Fsp3) is 1.00. The van der Waals surface area contributed by atoms with E-state index < -0.39 is 11.9 Å². The molecule has 0 aliphatic rings. The van der Waals surface area contributed by atoms with Gasteiger partial charge >= 0.3 is 0 Å². The molecule has 9 nitrogen and oxygen atoms in total. The largest absolute Gasteiger partial charge is 0.394 e. The van der Waals surface area contributed by atoms with Crippen LogP contribution < -0.4 is 0 Å². The number of aliphatic hydroxyl groups is 2. The average molecular weight is 454 g/mol. The second kappa shape index (κ2) is 19.1. The Bertz CT molecular complexity index is 378. The van der Waals surface area contributed by atoms with Gasteiger partial charge < -0.3 is 29.2 Å². The van der Waals surface area contributed by atoms with Gasteiger partial charge in [-0.05, 0) is 20.3 Å². The van der Waals surface area contributed by atoms with Crippen LogP contribution in [-0.2, 0) is 28.6 Å². The molecule has 0 aromatic rings. The molecule has 0 aliphatic heterocycles. The summed E-state index contributed by atoms with van der Waals surface area (Å²) in [5.74, 6) is -2.89. The molecule has 31 heavy (non-hydrogen) atoms. The van der Waals surface area contributed by atoms with E-state index in [2.05, 4.69) is 6.92 Å². The lowest BCUT2D eigenvalue weighted by atomic mass is 10.1. The highest BCUT2D eigenvalue weighted by atomic mass is 17.1. The summed E-state index contributed by atoms with van der Waals surface area (Å²) in [5, 5.41) is 19.5. The number of ether oxygens (including phenoxy) is 4. The second-order valence-electron chi connectivity index (χ2n) is 7.45. The molecule has 2 N–H and O–H groups in total. The summed E-state index contributed by atoms with van der Waals surface area (Å²) in [6, 6.07) is 0. The van der Waals surface area contributed by atoms with Crippen LogP contribution in [0.2, 0.25) is 0 Å². The standard InChI is InChI=1S/C22H47NO8/c1-6-9-10-11-12-13-14-15-16-23(30-21(4,26-7-2)28-19-17-24)31-22(5,27-8-3)29-20-18-25/h24-25H,6-20H2,1-5H3. The van der Waals surface area contributed by atoms with Gasteiger partial charge in [0.15, 0.2) is 0 Å². The normalized spacial score (nSPS) is 15.9. The van der Waals surface area contributed by atoms with Crippen molar-refractivity contribution in [2.24, 2.45) is 0 Å². The first-order chi connectivity index (χ1) is 14.9. The lowest BCUT2D eigenvalue weighted by Gasteiger charge is -2.37. The zero-order valence-corrected chi connectivity index (χ0v) is 20.4. The van der Waals surface area contributed by atoms with Crippen LogP contribution in [0, 0.1) is 0 Å². The Kier molecular flexibility index (Phi) is 18.9. The monoisotopic (exact) mass is 453 g/mol. The molecule has 0 amide bonds. The van der Waals surface area contributed by atoms with Crippen molar-refractivity contribution in [1.82, 2.24) is 5.23 Å². The smallest absolute Gasteiger partial charge is 0.299 e. The lowest BCUT2D eigenvalue weighted by Crippen LogP contribution is -2.49. The van der Waals surface area contributed by atoms with Gasteiger partial charge in [-0.2, -0.15) is 0 Å². The fourth-order valence-electron chi connectivity index (χ4n) is 3.03. The molecule has 0 saturated carbocycles. The summed E-state index contributed by atoms with van der Waals surface area (Å²) in [7, 11) is 0. The third-order valence-corrected chi connectivity index (χ3v) is 4.45. The first-order valence-corrected chi connectivity index (χ1v) is 11.8. The maximum Gasteiger partial charge on any atom is 0.299 e. The first kappa shape index (κ1) is 30.6. The first-order valence-electron chi connectivity index (χ1n) is 11.8. The van der Waals surface area contributed by atoms with Crippen LogP contribution in [0.15, 0.2) is 0 Å². The van der Waals surface area contributed by atoms with Crippen LogP contribution in [0.1, 0.15) is 86.0 Å². The molecule has 188 valence electrons. The predicted molar refractivity (Wildman–Crippen MR) is 118 cm³/mol. The van der Waals surface area contributed by atoms with Gasteiger partial charge in [0.05, 0.1) is 33.0 Å². The van der Waals surface area contributed by atoms with Crippen molar-refractivity contribution in [3.05, 3.63) is 0 Å². The van der Waals surface area contributed by atoms with Crippen molar-refractivity contribution in [3.63, 3.8) is 0 Å². The van der Waals surface area contributed by atoms with Crippen molar-refractivity contribution in [1.29, 1.82) is 0 Å². The predicted octanol–water partition coefficient (Wildman–Crippen LogP) is 3.73. The van der Waals surface area contributed by atoms with Crippen molar-refractivity contribution in [2.75, 3.05) is 46.2 Å². The molecule has 0 rings (SSSR count). The van der Waals surface area contributed by atoms with Gasteiger partial charge in [-0.15, -0.1) is 0 Å². The second-order valence-corrected chi connectivity index (χ2v) is 7.45. The number of unbranched alkanes of at least 4 members (excludes halogenated alkanes) is 7. The fourth-order valence-corrected chi connectivity index (χ4v) is 3.03. The Morgan fingerprint density at radius 2 is 1.03 bits per heavy atom. The highest BCUT2D eigenvalue weighted by molar-refractivity contribution is 4.52. The van der Waals surface area contributed by atoms with Crippen LogP contribution in [0.3, 0.4) is 0 Å². The van der Waals surface area contributed by atoms with E-state index >= 15 is 0 Å². The Morgan fingerprint density at radius 3 is 1.42 bits per heavy atom. The SMILES string of the molecule is CCCCCCCCCCN(OC(C)(OCC)OCCO)OC(C)(OCC)OCCO. The van der Waals surface area contributed by atoms with E-state index in [1.807, 2.05) is 13.8 Å². The Balaban J connectivity index is 4.96. The molecule has 2 unspecified atom stereocenters. The molecule has 9 heteroatoms. The van der Waals surface area contributed by atoms with Crippen LogP contribution >= 0.6 is 0 Å². The summed E-state index contributed by atoms with van der Waals surface area (Å²) in [6.07, 6.45) is 9.32. The van der Waals surface area contributed by atoms with Crippen molar-refractivity contribution in [2.45, 2.75) is 97.9 Å². The molecule has 0 aromatic heterocycles. The lowest BCUT2D eigenvalue weighted by molar-refractivity contribution is -0.567. The van der Waals surface area contributed by atoms with Gasteiger partial charge in [0.2, 0.25) is 0 Å². The molecule has 0 aliphatic carbocycles. The molecule has 2 atom stereocenters. The number of hydrogen-bond acceptors (Lipinski definition) is 9. The molecular formula is C22H47NO8. The van der Waals surface area contributed by atoms with E-state index in [1.165, 1.54) is 37.3 Å².